The van der Waals surface area contributed by atoms with Crippen LogP contribution in [-0.2, 0) is 22.2 Å². The van der Waals surface area contributed by atoms with Crippen molar-refractivity contribution in [3.63, 3.8) is 0 Å². The quantitative estimate of drug-likeness (QED) is 0.861. The highest BCUT2D eigenvalue weighted by Crippen LogP contribution is 2.45. The number of rotatable bonds is 4. The van der Waals surface area contributed by atoms with Gasteiger partial charge in [0.2, 0.25) is 0 Å². The standard InChI is InChI=1S/C20H24N2O3S/c1-20(2,23)17-7-5-4-6-16(17)14-11-15(10-13-8-9-13)19-18(12-14)22(3)26(24,25)21-19/h4-7,11-13,21,23H,8-10H2,1-3H3. The number of anilines is 2. The molecule has 6 heteroatoms. The second-order valence-corrected chi connectivity index (χ2v) is 9.56. The van der Waals surface area contributed by atoms with Crippen LogP contribution in [0.15, 0.2) is 36.4 Å². The summed E-state index contributed by atoms with van der Waals surface area (Å²) in [5.74, 6) is 0.634. The molecule has 0 radical (unpaired) electrons. The van der Waals surface area contributed by atoms with Gasteiger partial charge in [-0.05, 0) is 73.4 Å². The minimum absolute atomic E-state index is 0.634. The van der Waals surface area contributed by atoms with Gasteiger partial charge in [0.15, 0.2) is 0 Å². The van der Waals surface area contributed by atoms with Gasteiger partial charge >= 0.3 is 10.2 Å². The van der Waals surface area contributed by atoms with E-state index in [1.54, 1.807) is 20.9 Å². The normalized spacial score (nSPS) is 18.5. The molecule has 2 N–H and O–H groups in total. The molecule has 2 aliphatic rings. The number of nitrogens with zero attached hydrogens (tertiary/aromatic N) is 1. The zero-order valence-corrected chi connectivity index (χ0v) is 16.1. The molecule has 0 atom stereocenters. The molecule has 2 aromatic rings. The maximum Gasteiger partial charge on any atom is 0.323 e. The number of aliphatic hydroxyl groups is 1. The van der Waals surface area contributed by atoms with Gasteiger partial charge in [0, 0.05) is 7.05 Å². The molecule has 1 aliphatic carbocycles. The van der Waals surface area contributed by atoms with Crippen LogP contribution in [0.5, 0.6) is 0 Å². The zero-order chi connectivity index (χ0) is 18.7. The van der Waals surface area contributed by atoms with Gasteiger partial charge < -0.3 is 5.11 Å². The van der Waals surface area contributed by atoms with E-state index in [0.29, 0.717) is 17.3 Å². The second-order valence-electron chi connectivity index (χ2n) is 7.86. The third-order valence-electron chi connectivity index (χ3n) is 5.23. The largest absolute Gasteiger partial charge is 0.386 e. The number of fused-ring (bicyclic) bond motifs is 1. The average Bonchev–Trinajstić information content (AvgIpc) is 3.34. The van der Waals surface area contributed by atoms with Crippen LogP contribution in [0.4, 0.5) is 11.4 Å². The number of nitrogens with one attached hydrogen (secondary N) is 1. The van der Waals surface area contributed by atoms with Crippen molar-refractivity contribution in [2.75, 3.05) is 16.1 Å². The Bertz CT molecular complexity index is 973. The van der Waals surface area contributed by atoms with Crippen LogP contribution in [-0.4, -0.2) is 20.6 Å². The topological polar surface area (TPSA) is 69.6 Å². The fourth-order valence-corrected chi connectivity index (χ4v) is 4.63. The maximum atomic E-state index is 12.3. The molecule has 0 amide bonds. The number of hydrogen-bond acceptors (Lipinski definition) is 3. The van der Waals surface area contributed by atoms with Gasteiger partial charge in [-0.2, -0.15) is 8.42 Å². The van der Waals surface area contributed by atoms with E-state index in [0.717, 1.165) is 28.7 Å². The van der Waals surface area contributed by atoms with Crippen molar-refractivity contribution in [3.05, 3.63) is 47.5 Å². The summed E-state index contributed by atoms with van der Waals surface area (Å²) in [7, 11) is -1.96. The average molecular weight is 372 g/mol. The highest BCUT2D eigenvalue weighted by molar-refractivity contribution is 7.94. The summed E-state index contributed by atoms with van der Waals surface area (Å²) in [6, 6.07) is 11.7. The molecule has 5 nitrogen and oxygen atoms in total. The maximum absolute atomic E-state index is 12.3. The van der Waals surface area contributed by atoms with Crippen LogP contribution < -0.4 is 9.03 Å². The van der Waals surface area contributed by atoms with Crippen molar-refractivity contribution >= 4 is 21.6 Å². The molecule has 0 aromatic heterocycles. The molecule has 1 fully saturated rings. The van der Waals surface area contributed by atoms with Gasteiger partial charge in [-0.15, -0.1) is 0 Å². The molecule has 138 valence electrons. The molecular weight excluding hydrogens is 348 g/mol. The summed E-state index contributed by atoms with van der Waals surface area (Å²) in [5.41, 5.74) is 4.10. The van der Waals surface area contributed by atoms with Gasteiger partial charge in [0.05, 0.1) is 17.0 Å². The Morgan fingerprint density at radius 1 is 1.23 bits per heavy atom. The summed E-state index contributed by atoms with van der Waals surface area (Å²) in [6.07, 6.45) is 3.26. The van der Waals surface area contributed by atoms with E-state index in [4.69, 9.17) is 0 Å². The first-order valence-corrected chi connectivity index (χ1v) is 10.4. The Kier molecular flexibility index (Phi) is 3.82. The first kappa shape index (κ1) is 17.4. The number of benzene rings is 2. The Morgan fingerprint density at radius 3 is 2.58 bits per heavy atom. The van der Waals surface area contributed by atoms with Crippen molar-refractivity contribution in [2.45, 2.75) is 38.7 Å². The minimum atomic E-state index is -3.53. The van der Waals surface area contributed by atoms with Crippen LogP contribution in [0.2, 0.25) is 0 Å². The van der Waals surface area contributed by atoms with Crippen molar-refractivity contribution in [1.29, 1.82) is 0 Å². The smallest absolute Gasteiger partial charge is 0.323 e. The minimum Gasteiger partial charge on any atom is -0.386 e. The SMILES string of the molecule is CN1c2cc(-c3ccccc3C(C)(C)O)cc(CC3CC3)c2NS1(=O)=O. The van der Waals surface area contributed by atoms with Crippen molar-refractivity contribution in [1.82, 2.24) is 0 Å². The fourth-order valence-electron chi connectivity index (χ4n) is 3.60. The lowest BCUT2D eigenvalue weighted by Crippen LogP contribution is -2.25. The molecule has 26 heavy (non-hydrogen) atoms. The van der Waals surface area contributed by atoms with Crippen LogP contribution in [0.3, 0.4) is 0 Å². The summed E-state index contributed by atoms with van der Waals surface area (Å²) < 4.78 is 28.6. The molecule has 0 bridgehead atoms. The van der Waals surface area contributed by atoms with Crippen LogP contribution in [0, 0.1) is 5.92 Å². The summed E-state index contributed by atoms with van der Waals surface area (Å²) in [5, 5.41) is 10.6. The van der Waals surface area contributed by atoms with E-state index in [1.165, 1.54) is 17.1 Å². The Labute approximate surface area is 154 Å². The van der Waals surface area contributed by atoms with Gasteiger partial charge in [0.1, 0.15) is 0 Å². The summed E-state index contributed by atoms with van der Waals surface area (Å²) in [6.45, 7) is 3.53. The molecule has 0 saturated heterocycles. The summed E-state index contributed by atoms with van der Waals surface area (Å²) >= 11 is 0. The molecular formula is C20H24N2O3S. The Hall–Kier alpha value is -2.05. The first-order valence-electron chi connectivity index (χ1n) is 8.92. The third-order valence-corrected chi connectivity index (χ3v) is 6.61. The van der Waals surface area contributed by atoms with Crippen molar-refractivity contribution in [2.24, 2.45) is 5.92 Å². The van der Waals surface area contributed by atoms with E-state index in [9.17, 15) is 13.5 Å². The molecule has 4 rings (SSSR count). The third kappa shape index (κ3) is 2.97. The molecule has 1 aliphatic heterocycles. The lowest BCUT2D eigenvalue weighted by molar-refractivity contribution is 0.0792. The molecule has 2 aromatic carbocycles. The number of hydrogen-bond donors (Lipinski definition) is 2. The van der Waals surface area contributed by atoms with Gasteiger partial charge in [0.25, 0.3) is 0 Å². The Balaban J connectivity index is 1.91. The van der Waals surface area contributed by atoms with Gasteiger partial charge in [-0.3, -0.25) is 9.03 Å². The lowest BCUT2D eigenvalue weighted by atomic mass is 9.88. The van der Waals surface area contributed by atoms with Gasteiger partial charge in [-0.25, -0.2) is 0 Å². The zero-order valence-electron chi connectivity index (χ0n) is 15.3. The predicted molar refractivity (Wildman–Crippen MR) is 104 cm³/mol. The van der Waals surface area contributed by atoms with E-state index in [-0.39, 0.29) is 0 Å². The predicted octanol–water partition coefficient (Wildman–Crippen LogP) is 3.64. The summed E-state index contributed by atoms with van der Waals surface area (Å²) in [4.78, 5) is 0. The van der Waals surface area contributed by atoms with E-state index in [2.05, 4.69) is 10.8 Å². The Morgan fingerprint density at radius 2 is 1.92 bits per heavy atom. The van der Waals surface area contributed by atoms with Crippen molar-refractivity contribution in [3.8, 4) is 11.1 Å². The fraction of sp³-hybridized carbons (Fsp3) is 0.400. The molecule has 1 saturated carbocycles. The molecule has 0 spiro atoms. The van der Waals surface area contributed by atoms with E-state index >= 15 is 0 Å². The van der Waals surface area contributed by atoms with Gasteiger partial charge in [-0.1, -0.05) is 24.3 Å². The van der Waals surface area contributed by atoms with Crippen LogP contribution in [0.25, 0.3) is 11.1 Å². The lowest BCUT2D eigenvalue weighted by Gasteiger charge is -2.23. The van der Waals surface area contributed by atoms with E-state index < -0.39 is 15.8 Å². The first-order chi connectivity index (χ1) is 12.2. The highest BCUT2D eigenvalue weighted by atomic mass is 32.2. The van der Waals surface area contributed by atoms with Crippen LogP contribution >= 0.6 is 0 Å². The second kappa shape index (κ2) is 5.72. The van der Waals surface area contributed by atoms with Crippen LogP contribution in [0.1, 0.15) is 37.8 Å². The molecule has 0 unspecified atom stereocenters. The van der Waals surface area contributed by atoms with E-state index in [1.807, 2.05) is 30.3 Å². The highest BCUT2D eigenvalue weighted by Gasteiger charge is 2.34. The monoisotopic (exact) mass is 372 g/mol. The van der Waals surface area contributed by atoms with Crippen molar-refractivity contribution < 1.29 is 13.5 Å². The molecule has 1 heterocycles.